The Balaban J connectivity index is 1.54. The standard InChI is InChI=1S/C20H18F3N3O3/c21-20(22,23)15-4-3-5-16(12-15)29-13-19(27)25-17-6-1-2-7-18(17)28-11-10-26-9-8-24-14-26/h1-9,12,14H,10-11,13H2,(H,25,27). The van der Waals surface area contributed by atoms with Crippen LogP contribution in [0.1, 0.15) is 5.56 Å². The quantitative estimate of drug-likeness (QED) is 0.615. The van der Waals surface area contributed by atoms with Crippen LogP contribution in [-0.4, -0.2) is 28.7 Å². The van der Waals surface area contributed by atoms with Crippen molar-refractivity contribution in [1.82, 2.24) is 9.55 Å². The highest BCUT2D eigenvalue weighted by atomic mass is 19.4. The highest BCUT2D eigenvalue weighted by Gasteiger charge is 2.30. The summed E-state index contributed by atoms with van der Waals surface area (Å²) in [5, 5.41) is 2.64. The van der Waals surface area contributed by atoms with Crippen LogP contribution in [0.3, 0.4) is 0 Å². The van der Waals surface area contributed by atoms with Gasteiger partial charge in [-0.3, -0.25) is 4.79 Å². The molecular formula is C20H18F3N3O3. The maximum absolute atomic E-state index is 12.7. The van der Waals surface area contributed by atoms with Crippen molar-refractivity contribution in [3.05, 3.63) is 72.8 Å². The number of ether oxygens (including phenoxy) is 2. The predicted octanol–water partition coefficient (Wildman–Crippen LogP) is 4.00. The Morgan fingerprint density at radius 1 is 1.10 bits per heavy atom. The number of halogens is 3. The number of rotatable bonds is 8. The van der Waals surface area contributed by atoms with E-state index in [4.69, 9.17) is 9.47 Å². The number of hydrogen-bond acceptors (Lipinski definition) is 4. The van der Waals surface area contributed by atoms with Crippen molar-refractivity contribution in [2.24, 2.45) is 0 Å². The van der Waals surface area contributed by atoms with Crippen LogP contribution in [0.25, 0.3) is 0 Å². The van der Waals surface area contributed by atoms with Gasteiger partial charge in [0.25, 0.3) is 5.91 Å². The molecule has 0 unspecified atom stereocenters. The van der Waals surface area contributed by atoms with Crippen LogP contribution in [0, 0.1) is 0 Å². The highest BCUT2D eigenvalue weighted by Crippen LogP contribution is 2.31. The average Bonchev–Trinajstić information content (AvgIpc) is 3.21. The molecule has 0 bridgehead atoms. The Labute approximate surface area is 164 Å². The monoisotopic (exact) mass is 405 g/mol. The zero-order valence-corrected chi connectivity index (χ0v) is 15.2. The third-order valence-corrected chi connectivity index (χ3v) is 3.86. The van der Waals surface area contributed by atoms with Gasteiger partial charge in [-0.1, -0.05) is 18.2 Å². The fourth-order valence-corrected chi connectivity index (χ4v) is 2.47. The molecule has 152 valence electrons. The topological polar surface area (TPSA) is 65.4 Å². The van der Waals surface area contributed by atoms with Crippen LogP contribution in [-0.2, 0) is 17.5 Å². The number of imidazole rings is 1. The Hall–Kier alpha value is -3.49. The Bertz CT molecular complexity index is 943. The number of aromatic nitrogens is 2. The van der Waals surface area contributed by atoms with Gasteiger partial charge in [0, 0.05) is 12.4 Å². The van der Waals surface area contributed by atoms with Gasteiger partial charge in [0.15, 0.2) is 6.61 Å². The number of anilines is 1. The van der Waals surface area contributed by atoms with Crippen molar-refractivity contribution < 1.29 is 27.4 Å². The molecule has 9 heteroatoms. The van der Waals surface area contributed by atoms with Crippen molar-refractivity contribution in [1.29, 1.82) is 0 Å². The fraction of sp³-hybridized carbons (Fsp3) is 0.200. The summed E-state index contributed by atoms with van der Waals surface area (Å²) in [6, 6.07) is 11.2. The van der Waals surface area contributed by atoms with Gasteiger partial charge in [-0.25, -0.2) is 4.98 Å². The number of benzene rings is 2. The second-order valence-corrected chi connectivity index (χ2v) is 6.01. The first-order chi connectivity index (χ1) is 13.9. The van der Waals surface area contributed by atoms with E-state index in [1.165, 1.54) is 12.1 Å². The molecule has 1 heterocycles. The number of hydrogen-bond donors (Lipinski definition) is 1. The number of carbonyl (C=O) groups is 1. The lowest BCUT2D eigenvalue weighted by Crippen LogP contribution is -2.21. The molecule has 1 N–H and O–H groups in total. The van der Waals surface area contributed by atoms with Gasteiger partial charge >= 0.3 is 6.18 Å². The first kappa shape index (κ1) is 20.2. The maximum atomic E-state index is 12.7. The van der Waals surface area contributed by atoms with Gasteiger partial charge in [-0.15, -0.1) is 0 Å². The van der Waals surface area contributed by atoms with Gasteiger partial charge in [-0.05, 0) is 30.3 Å². The van der Waals surface area contributed by atoms with Crippen LogP contribution < -0.4 is 14.8 Å². The molecule has 3 aromatic rings. The van der Waals surface area contributed by atoms with Crippen LogP contribution in [0.4, 0.5) is 18.9 Å². The molecule has 0 aliphatic heterocycles. The molecule has 6 nitrogen and oxygen atoms in total. The molecule has 0 atom stereocenters. The average molecular weight is 405 g/mol. The smallest absolute Gasteiger partial charge is 0.416 e. The Morgan fingerprint density at radius 3 is 2.69 bits per heavy atom. The molecule has 0 aliphatic carbocycles. The van der Waals surface area contributed by atoms with Gasteiger partial charge in [0.05, 0.1) is 24.1 Å². The summed E-state index contributed by atoms with van der Waals surface area (Å²) in [5.74, 6) is -0.0899. The number of carbonyl (C=O) groups excluding carboxylic acids is 1. The number of alkyl halides is 3. The van der Waals surface area contributed by atoms with Crippen LogP contribution in [0.15, 0.2) is 67.3 Å². The lowest BCUT2D eigenvalue weighted by Gasteiger charge is -2.13. The summed E-state index contributed by atoms with van der Waals surface area (Å²) in [6.07, 6.45) is 0.664. The molecule has 2 aromatic carbocycles. The molecule has 0 saturated heterocycles. The molecule has 1 aromatic heterocycles. The summed E-state index contributed by atoms with van der Waals surface area (Å²) in [7, 11) is 0. The Morgan fingerprint density at radius 2 is 1.93 bits per heavy atom. The minimum atomic E-state index is -4.48. The molecule has 3 rings (SSSR count). The maximum Gasteiger partial charge on any atom is 0.416 e. The lowest BCUT2D eigenvalue weighted by atomic mass is 10.2. The van der Waals surface area contributed by atoms with E-state index in [-0.39, 0.29) is 5.75 Å². The molecule has 0 saturated carbocycles. The van der Waals surface area contributed by atoms with Crippen molar-refractivity contribution in [2.45, 2.75) is 12.7 Å². The fourth-order valence-electron chi connectivity index (χ4n) is 2.47. The van der Waals surface area contributed by atoms with E-state index >= 15 is 0 Å². The van der Waals surface area contributed by atoms with E-state index in [1.54, 1.807) is 36.8 Å². The van der Waals surface area contributed by atoms with E-state index < -0.39 is 24.3 Å². The van der Waals surface area contributed by atoms with Crippen molar-refractivity contribution in [3.8, 4) is 11.5 Å². The molecule has 0 spiro atoms. The summed E-state index contributed by atoms with van der Waals surface area (Å²) < 4.78 is 50.9. The van der Waals surface area contributed by atoms with E-state index in [2.05, 4.69) is 10.3 Å². The second-order valence-electron chi connectivity index (χ2n) is 6.01. The normalized spacial score (nSPS) is 11.1. The minimum Gasteiger partial charge on any atom is -0.490 e. The van der Waals surface area contributed by atoms with Crippen LogP contribution in [0.5, 0.6) is 11.5 Å². The van der Waals surface area contributed by atoms with Gasteiger partial charge < -0.3 is 19.4 Å². The number of amides is 1. The first-order valence-electron chi connectivity index (χ1n) is 8.69. The van der Waals surface area contributed by atoms with E-state index in [1.807, 2.05) is 10.8 Å². The van der Waals surface area contributed by atoms with Crippen molar-refractivity contribution in [2.75, 3.05) is 18.5 Å². The zero-order valence-electron chi connectivity index (χ0n) is 15.2. The minimum absolute atomic E-state index is 0.0418. The summed E-state index contributed by atoms with van der Waals surface area (Å²) in [5.41, 5.74) is -0.400. The van der Waals surface area contributed by atoms with Gasteiger partial charge in [-0.2, -0.15) is 13.2 Å². The second kappa shape index (κ2) is 9.13. The predicted molar refractivity (Wildman–Crippen MR) is 99.7 cm³/mol. The number of para-hydroxylation sites is 2. The van der Waals surface area contributed by atoms with E-state index in [0.717, 1.165) is 12.1 Å². The highest BCUT2D eigenvalue weighted by molar-refractivity contribution is 5.93. The van der Waals surface area contributed by atoms with Crippen molar-refractivity contribution >= 4 is 11.6 Å². The van der Waals surface area contributed by atoms with Crippen LogP contribution in [0.2, 0.25) is 0 Å². The molecule has 0 aliphatic rings. The van der Waals surface area contributed by atoms with E-state index in [0.29, 0.717) is 24.6 Å². The molecule has 29 heavy (non-hydrogen) atoms. The largest absolute Gasteiger partial charge is 0.490 e. The number of nitrogens with one attached hydrogen (secondary N) is 1. The number of nitrogens with zero attached hydrogens (tertiary/aromatic N) is 2. The summed E-state index contributed by atoms with van der Waals surface area (Å²) >= 11 is 0. The molecule has 0 fully saturated rings. The Kier molecular flexibility index (Phi) is 6.38. The summed E-state index contributed by atoms with van der Waals surface area (Å²) in [6.45, 7) is 0.510. The third kappa shape index (κ3) is 6.00. The van der Waals surface area contributed by atoms with Gasteiger partial charge in [0.2, 0.25) is 0 Å². The van der Waals surface area contributed by atoms with Gasteiger partial charge in [0.1, 0.15) is 18.1 Å². The van der Waals surface area contributed by atoms with E-state index in [9.17, 15) is 18.0 Å². The molecule has 1 amide bonds. The lowest BCUT2D eigenvalue weighted by molar-refractivity contribution is -0.137. The first-order valence-corrected chi connectivity index (χ1v) is 8.69. The molecular weight excluding hydrogens is 387 g/mol. The zero-order chi connectivity index (χ0) is 20.7. The van der Waals surface area contributed by atoms with Crippen molar-refractivity contribution in [3.63, 3.8) is 0 Å². The third-order valence-electron chi connectivity index (χ3n) is 3.86. The SMILES string of the molecule is O=C(COc1cccc(C(F)(F)F)c1)Nc1ccccc1OCCn1ccnc1. The summed E-state index contributed by atoms with van der Waals surface area (Å²) in [4.78, 5) is 16.1. The molecule has 0 radical (unpaired) electrons. The van der Waals surface area contributed by atoms with Crippen LogP contribution >= 0.6 is 0 Å².